The molecule has 1 amide bonds. The molecule has 2 aliphatic rings. The van der Waals surface area contributed by atoms with Gasteiger partial charge in [-0.2, -0.15) is 13.2 Å². The van der Waals surface area contributed by atoms with Crippen molar-refractivity contribution in [1.82, 2.24) is 9.88 Å². The first-order valence-corrected chi connectivity index (χ1v) is 7.16. The molecule has 0 unspecified atom stereocenters. The van der Waals surface area contributed by atoms with Crippen LogP contribution in [0.2, 0.25) is 0 Å². The number of likely N-dealkylation sites (tertiary alicyclic amines) is 1. The summed E-state index contributed by atoms with van der Waals surface area (Å²) in [5, 5.41) is 0. The van der Waals surface area contributed by atoms with E-state index < -0.39 is 11.7 Å². The van der Waals surface area contributed by atoms with Gasteiger partial charge in [-0.05, 0) is 37.3 Å². The first-order chi connectivity index (χ1) is 10.3. The van der Waals surface area contributed by atoms with Gasteiger partial charge >= 0.3 is 6.18 Å². The predicted octanol–water partition coefficient (Wildman–Crippen LogP) is 2.52. The second kappa shape index (κ2) is 5.14. The number of pyridine rings is 1. The number of alkyl halides is 3. The molecule has 0 radical (unpaired) electrons. The number of rotatable bonds is 4. The zero-order valence-corrected chi connectivity index (χ0v) is 12.2. The third kappa shape index (κ3) is 2.64. The van der Waals surface area contributed by atoms with E-state index in [4.69, 9.17) is 4.74 Å². The van der Waals surface area contributed by atoms with Crippen molar-refractivity contribution in [3.05, 3.63) is 23.4 Å². The van der Waals surface area contributed by atoms with Crippen molar-refractivity contribution < 1.29 is 22.7 Å². The second-order valence-corrected chi connectivity index (χ2v) is 6.35. The van der Waals surface area contributed by atoms with Gasteiger partial charge < -0.3 is 9.64 Å². The summed E-state index contributed by atoms with van der Waals surface area (Å²) in [4.78, 5) is 16.3. The van der Waals surface area contributed by atoms with E-state index >= 15 is 0 Å². The molecule has 1 saturated carbocycles. The Balaban J connectivity index is 1.62. The standard InChI is InChI=1S/C15H17F3N2O2/c1-22-13-12(15(16,17)18)3-2-11(19-13)4-10-5-14(6-10)7-20(8-14)9-21/h2-3,9-10H,4-8H2,1H3. The highest BCUT2D eigenvalue weighted by atomic mass is 19.4. The van der Waals surface area contributed by atoms with E-state index in [1.54, 1.807) is 4.90 Å². The maximum absolute atomic E-state index is 12.8. The smallest absolute Gasteiger partial charge is 0.421 e. The van der Waals surface area contributed by atoms with Crippen LogP contribution in [0.25, 0.3) is 0 Å². The van der Waals surface area contributed by atoms with Crippen molar-refractivity contribution in [3.63, 3.8) is 0 Å². The number of amides is 1. The van der Waals surface area contributed by atoms with Crippen LogP contribution in [0.15, 0.2) is 12.1 Å². The maximum atomic E-state index is 12.8. The van der Waals surface area contributed by atoms with Crippen LogP contribution in [0.1, 0.15) is 24.1 Å². The Labute approximate surface area is 126 Å². The molecule has 2 fully saturated rings. The lowest BCUT2D eigenvalue weighted by Crippen LogP contribution is -2.61. The van der Waals surface area contributed by atoms with Gasteiger partial charge in [-0.15, -0.1) is 0 Å². The van der Waals surface area contributed by atoms with Crippen molar-refractivity contribution in [2.45, 2.75) is 25.4 Å². The van der Waals surface area contributed by atoms with Gasteiger partial charge in [0.1, 0.15) is 5.56 Å². The first-order valence-electron chi connectivity index (χ1n) is 7.16. The van der Waals surface area contributed by atoms with E-state index in [1.165, 1.54) is 13.2 Å². The zero-order valence-electron chi connectivity index (χ0n) is 12.2. The average molecular weight is 314 g/mol. The third-order valence-corrected chi connectivity index (χ3v) is 4.58. The SMILES string of the molecule is COc1nc(CC2CC3(C2)CN(C=O)C3)ccc1C(F)(F)F. The summed E-state index contributed by atoms with van der Waals surface area (Å²) in [7, 11) is 1.20. The van der Waals surface area contributed by atoms with E-state index in [1.807, 2.05) is 0 Å². The number of aromatic nitrogens is 1. The second-order valence-electron chi connectivity index (χ2n) is 6.35. The Morgan fingerprint density at radius 1 is 1.41 bits per heavy atom. The first kappa shape index (κ1) is 15.1. The Hall–Kier alpha value is -1.79. The number of carbonyl (C=O) groups is 1. The number of halogens is 3. The van der Waals surface area contributed by atoms with Gasteiger partial charge in [-0.1, -0.05) is 0 Å². The summed E-state index contributed by atoms with van der Waals surface area (Å²) in [6.45, 7) is 1.60. The van der Waals surface area contributed by atoms with E-state index in [0.29, 0.717) is 18.0 Å². The van der Waals surface area contributed by atoms with Crippen molar-refractivity contribution in [1.29, 1.82) is 0 Å². The molecular formula is C15H17F3N2O2. The fourth-order valence-electron chi connectivity index (χ4n) is 3.72. The van der Waals surface area contributed by atoms with E-state index in [2.05, 4.69) is 4.98 Å². The van der Waals surface area contributed by atoms with Crippen LogP contribution in [0.4, 0.5) is 13.2 Å². The Bertz CT molecular complexity index is 575. The summed E-state index contributed by atoms with van der Waals surface area (Å²) in [5.41, 5.74) is 0.0300. The van der Waals surface area contributed by atoms with E-state index in [-0.39, 0.29) is 11.3 Å². The molecule has 0 aromatic carbocycles. The van der Waals surface area contributed by atoms with Crippen LogP contribution in [-0.4, -0.2) is 36.5 Å². The van der Waals surface area contributed by atoms with Crippen LogP contribution in [-0.2, 0) is 17.4 Å². The predicted molar refractivity (Wildman–Crippen MR) is 72.3 cm³/mol. The molecule has 7 heteroatoms. The maximum Gasteiger partial charge on any atom is 0.421 e. The highest BCUT2D eigenvalue weighted by Gasteiger charge is 2.51. The minimum absolute atomic E-state index is 0.252. The molecule has 0 atom stereocenters. The molecule has 2 heterocycles. The molecule has 120 valence electrons. The summed E-state index contributed by atoms with van der Waals surface area (Å²) in [6.07, 6.45) is -0.940. The quantitative estimate of drug-likeness (QED) is 0.802. The summed E-state index contributed by atoms with van der Waals surface area (Å²) in [5.74, 6) is 0.0533. The van der Waals surface area contributed by atoms with Gasteiger partial charge in [-0.25, -0.2) is 4.98 Å². The van der Waals surface area contributed by atoms with Gasteiger partial charge in [0.05, 0.1) is 7.11 Å². The number of methoxy groups -OCH3 is 1. The lowest BCUT2D eigenvalue weighted by molar-refractivity contribution is -0.141. The minimum Gasteiger partial charge on any atom is -0.481 e. The monoisotopic (exact) mass is 314 g/mol. The number of nitrogens with zero attached hydrogens (tertiary/aromatic N) is 2. The van der Waals surface area contributed by atoms with Gasteiger partial charge in [0.2, 0.25) is 12.3 Å². The van der Waals surface area contributed by atoms with Gasteiger partial charge in [0.15, 0.2) is 0 Å². The Morgan fingerprint density at radius 3 is 2.64 bits per heavy atom. The van der Waals surface area contributed by atoms with Gasteiger partial charge in [-0.3, -0.25) is 4.79 Å². The molecule has 1 aliphatic heterocycles. The Morgan fingerprint density at radius 2 is 2.09 bits per heavy atom. The molecule has 1 saturated heterocycles. The van der Waals surface area contributed by atoms with Crippen LogP contribution >= 0.6 is 0 Å². The lowest BCUT2D eigenvalue weighted by Gasteiger charge is -2.58. The van der Waals surface area contributed by atoms with Gasteiger partial charge in [0.25, 0.3) is 0 Å². The molecule has 3 rings (SSSR count). The van der Waals surface area contributed by atoms with Crippen LogP contribution < -0.4 is 4.74 Å². The molecule has 1 aliphatic carbocycles. The molecule has 1 aromatic rings. The molecular weight excluding hydrogens is 297 g/mol. The number of ether oxygens (including phenoxy) is 1. The topological polar surface area (TPSA) is 42.4 Å². The van der Waals surface area contributed by atoms with Crippen molar-refractivity contribution in [2.75, 3.05) is 20.2 Å². The van der Waals surface area contributed by atoms with Crippen LogP contribution in [0.5, 0.6) is 5.88 Å². The van der Waals surface area contributed by atoms with Crippen molar-refractivity contribution in [2.24, 2.45) is 11.3 Å². The zero-order chi connectivity index (χ0) is 16.0. The molecule has 1 aromatic heterocycles. The van der Waals surface area contributed by atoms with Crippen LogP contribution in [0.3, 0.4) is 0 Å². The molecule has 1 spiro atoms. The third-order valence-electron chi connectivity index (χ3n) is 4.58. The van der Waals surface area contributed by atoms with Crippen molar-refractivity contribution >= 4 is 6.41 Å². The number of hydrogen-bond acceptors (Lipinski definition) is 3. The fourth-order valence-corrected chi connectivity index (χ4v) is 3.72. The molecule has 22 heavy (non-hydrogen) atoms. The van der Waals surface area contributed by atoms with Gasteiger partial charge in [0, 0.05) is 24.2 Å². The minimum atomic E-state index is -4.46. The van der Waals surface area contributed by atoms with Crippen LogP contribution in [0, 0.1) is 11.3 Å². The number of carbonyl (C=O) groups excluding carboxylic acids is 1. The summed E-state index contributed by atoms with van der Waals surface area (Å²) >= 11 is 0. The molecule has 0 bridgehead atoms. The largest absolute Gasteiger partial charge is 0.481 e. The average Bonchev–Trinajstić information content (AvgIpc) is 2.38. The highest BCUT2D eigenvalue weighted by molar-refractivity contribution is 5.49. The van der Waals surface area contributed by atoms with Crippen molar-refractivity contribution in [3.8, 4) is 5.88 Å². The highest BCUT2D eigenvalue weighted by Crippen LogP contribution is 2.52. The van der Waals surface area contributed by atoms with E-state index in [9.17, 15) is 18.0 Å². The molecule has 4 nitrogen and oxygen atoms in total. The Kier molecular flexibility index (Phi) is 3.53. The lowest BCUT2D eigenvalue weighted by atomic mass is 9.57. The van der Waals surface area contributed by atoms with E-state index in [0.717, 1.165) is 38.4 Å². The fraction of sp³-hybridized carbons (Fsp3) is 0.600. The summed E-state index contributed by atoms with van der Waals surface area (Å²) < 4.78 is 43.1. The summed E-state index contributed by atoms with van der Waals surface area (Å²) in [6, 6.07) is 2.46. The molecule has 0 N–H and O–H groups in total. The normalized spacial score (nSPS) is 20.5. The number of hydrogen-bond donors (Lipinski definition) is 0.